The number of pyridine rings is 1. The number of nitrogens with zero attached hydrogens (tertiary/aromatic N) is 4. The summed E-state index contributed by atoms with van der Waals surface area (Å²) in [4.78, 5) is 34.2. The molecule has 0 fully saturated rings. The van der Waals surface area contributed by atoms with Gasteiger partial charge in [0.1, 0.15) is 0 Å². The normalized spacial score (nSPS) is 14.9. The first kappa shape index (κ1) is 18.1. The van der Waals surface area contributed by atoms with Crippen LogP contribution < -0.4 is 15.1 Å². The van der Waals surface area contributed by atoms with E-state index in [2.05, 4.69) is 21.6 Å². The molecule has 28 heavy (non-hydrogen) atoms. The average Bonchev–Trinajstić information content (AvgIpc) is 2.71. The fourth-order valence-corrected chi connectivity index (χ4v) is 3.94. The summed E-state index contributed by atoms with van der Waals surface area (Å²) in [7, 11) is 0. The van der Waals surface area contributed by atoms with E-state index in [1.807, 2.05) is 36.4 Å². The lowest BCUT2D eigenvalue weighted by atomic mass is 10.0. The maximum absolute atomic E-state index is 13.0. The van der Waals surface area contributed by atoms with Gasteiger partial charge in [0.2, 0.25) is 11.1 Å². The van der Waals surface area contributed by atoms with Gasteiger partial charge in [-0.3, -0.25) is 19.6 Å². The molecule has 140 valence electrons. The lowest BCUT2D eigenvalue weighted by Crippen LogP contribution is -2.60. The molecule has 3 heterocycles. The van der Waals surface area contributed by atoms with Crippen molar-refractivity contribution in [3.05, 3.63) is 77.4 Å². The number of amides is 1. The molecule has 1 amide bonds. The van der Waals surface area contributed by atoms with Crippen molar-refractivity contribution >= 4 is 23.4 Å². The molecular weight excluding hydrogens is 374 g/mol. The van der Waals surface area contributed by atoms with Gasteiger partial charge in [-0.15, -0.1) is 6.58 Å². The van der Waals surface area contributed by atoms with Crippen LogP contribution in [0.3, 0.4) is 0 Å². The molecule has 1 N–H and O–H groups in total. The monoisotopic (exact) mass is 392 g/mol. The number of anilines is 1. The van der Waals surface area contributed by atoms with Gasteiger partial charge in [0.15, 0.2) is 0 Å². The molecule has 0 bridgehead atoms. The number of carbonyl (C=O) groups excluding carboxylic acids is 1. The highest BCUT2D eigenvalue weighted by molar-refractivity contribution is 7.99. The van der Waals surface area contributed by atoms with E-state index in [-0.39, 0.29) is 11.5 Å². The zero-order valence-corrected chi connectivity index (χ0v) is 16.0. The van der Waals surface area contributed by atoms with Crippen molar-refractivity contribution in [3.8, 4) is 11.3 Å². The number of H-pyrrole nitrogens is 1. The highest BCUT2D eigenvalue weighted by Crippen LogP contribution is 2.36. The quantitative estimate of drug-likeness (QED) is 0.419. The summed E-state index contributed by atoms with van der Waals surface area (Å²) in [6.07, 6.45) is 4.48. The summed E-state index contributed by atoms with van der Waals surface area (Å²) in [6.45, 7) is 5.22. The van der Waals surface area contributed by atoms with Gasteiger partial charge in [-0.25, -0.2) is 4.90 Å². The zero-order chi connectivity index (χ0) is 19.7. The Morgan fingerprint density at radius 3 is 2.79 bits per heavy atom. The number of nitrogens with one attached hydrogen (secondary N) is 1. The highest BCUT2D eigenvalue weighted by atomic mass is 32.2. The first-order chi connectivity index (χ1) is 13.6. The molecule has 1 aromatic carbocycles. The third kappa shape index (κ3) is 3.01. The number of rotatable bonds is 4. The van der Waals surface area contributed by atoms with Crippen LogP contribution in [0.5, 0.6) is 0 Å². The van der Waals surface area contributed by atoms with E-state index in [9.17, 15) is 9.59 Å². The fraction of sp³-hybridized carbons (Fsp3) is 0.150. The van der Waals surface area contributed by atoms with Gasteiger partial charge in [-0.2, -0.15) is 0 Å². The van der Waals surface area contributed by atoms with Crippen LogP contribution in [-0.4, -0.2) is 26.7 Å². The minimum Gasteiger partial charge on any atom is -0.291 e. The molecule has 1 aliphatic rings. The van der Waals surface area contributed by atoms with Crippen LogP contribution in [0.4, 0.5) is 5.69 Å². The minimum absolute atomic E-state index is 0.144. The van der Waals surface area contributed by atoms with Crippen molar-refractivity contribution in [2.45, 2.75) is 18.2 Å². The van der Waals surface area contributed by atoms with Crippen LogP contribution in [0.2, 0.25) is 0 Å². The smallest absolute Gasteiger partial charge is 0.291 e. The number of fused-ring (bicyclic) bond motifs is 3. The molecule has 0 saturated carbocycles. The van der Waals surface area contributed by atoms with Gasteiger partial charge >= 0.3 is 11.3 Å². The topological polar surface area (TPSA) is 82.8 Å². The van der Waals surface area contributed by atoms with Crippen molar-refractivity contribution in [1.29, 1.82) is 0 Å². The predicted octanol–water partition coefficient (Wildman–Crippen LogP) is 2.31. The van der Waals surface area contributed by atoms with Crippen molar-refractivity contribution in [3.63, 3.8) is 0 Å². The average molecular weight is 392 g/mol. The molecule has 7 nitrogen and oxygen atoms in total. The standard InChI is InChI=1S/C20H17N5O2S/c1-3-12-28-20-22-18(27)17-15-6-4-5-7-16(15)24(13(2)26)19(25(17)23-20)14-8-10-21-11-9-14/h3-11,19H,1,12H2,2H3/p+1/t19-/m0/s1. The van der Waals surface area contributed by atoms with Gasteiger partial charge in [-0.1, -0.05) is 30.0 Å². The summed E-state index contributed by atoms with van der Waals surface area (Å²) in [5, 5.41) is 5.13. The SMILES string of the molecule is C=CCSc1n[n+]2c(c(=O)[nH]1)-c1ccccc1N(C(C)=O)[C@@H]2c1ccncc1. The summed E-state index contributed by atoms with van der Waals surface area (Å²) >= 11 is 1.37. The lowest BCUT2D eigenvalue weighted by molar-refractivity contribution is -0.763. The number of aromatic amines is 1. The molecule has 1 atom stereocenters. The summed E-state index contributed by atoms with van der Waals surface area (Å²) in [6, 6.07) is 11.0. The van der Waals surface area contributed by atoms with Crippen LogP contribution in [0, 0.1) is 0 Å². The Balaban J connectivity index is 2.03. The molecule has 0 aliphatic carbocycles. The maximum Gasteiger partial charge on any atom is 0.325 e. The highest BCUT2D eigenvalue weighted by Gasteiger charge is 2.44. The van der Waals surface area contributed by atoms with E-state index < -0.39 is 6.17 Å². The Morgan fingerprint density at radius 1 is 1.32 bits per heavy atom. The number of para-hydroxylation sites is 1. The number of thioether (sulfide) groups is 1. The molecule has 2 aromatic heterocycles. The van der Waals surface area contributed by atoms with Gasteiger partial charge in [0.25, 0.3) is 6.17 Å². The summed E-state index contributed by atoms with van der Waals surface area (Å²) in [5.74, 6) is 0.463. The van der Waals surface area contributed by atoms with E-state index >= 15 is 0 Å². The second kappa shape index (κ2) is 7.40. The maximum atomic E-state index is 13.0. The third-order valence-electron chi connectivity index (χ3n) is 4.44. The Kier molecular flexibility index (Phi) is 4.79. The Hall–Kier alpha value is -3.26. The van der Waals surface area contributed by atoms with E-state index in [0.29, 0.717) is 27.9 Å². The Morgan fingerprint density at radius 2 is 2.07 bits per heavy atom. The summed E-state index contributed by atoms with van der Waals surface area (Å²) < 4.78 is 1.63. The molecule has 0 spiro atoms. The van der Waals surface area contributed by atoms with Crippen molar-refractivity contribution < 1.29 is 9.48 Å². The largest absolute Gasteiger partial charge is 0.325 e. The van der Waals surface area contributed by atoms with Gasteiger partial charge in [-0.05, 0) is 28.9 Å². The number of aromatic nitrogens is 4. The second-order valence-electron chi connectivity index (χ2n) is 6.21. The number of hydrogen-bond acceptors (Lipinski definition) is 5. The van der Waals surface area contributed by atoms with E-state index in [4.69, 9.17) is 0 Å². The minimum atomic E-state index is -0.587. The first-order valence-corrected chi connectivity index (χ1v) is 9.69. The number of carbonyl (C=O) groups is 1. The number of benzene rings is 1. The van der Waals surface area contributed by atoms with Crippen LogP contribution >= 0.6 is 11.8 Å². The predicted molar refractivity (Wildman–Crippen MR) is 107 cm³/mol. The van der Waals surface area contributed by atoms with Gasteiger partial charge in [0.05, 0.1) is 11.3 Å². The lowest BCUT2D eigenvalue weighted by Gasteiger charge is -2.31. The first-order valence-electron chi connectivity index (χ1n) is 8.70. The van der Waals surface area contributed by atoms with Crippen LogP contribution in [0.1, 0.15) is 18.7 Å². The third-order valence-corrected chi connectivity index (χ3v) is 5.30. The van der Waals surface area contributed by atoms with Crippen molar-refractivity contribution in [2.24, 2.45) is 0 Å². The molecule has 1 aliphatic heterocycles. The molecular formula is C20H18N5O2S+. The zero-order valence-electron chi connectivity index (χ0n) is 15.2. The van der Waals surface area contributed by atoms with Crippen LogP contribution in [0.25, 0.3) is 11.3 Å². The number of hydrogen-bond donors (Lipinski definition) is 1. The molecule has 0 saturated heterocycles. The fourth-order valence-electron chi connectivity index (χ4n) is 3.35. The van der Waals surface area contributed by atoms with Crippen LogP contribution in [-0.2, 0) is 4.79 Å². The molecule has 3 aromatic rings. The Bertz CT molecular complexity index is 1110. The van der Waals surface area contributed by atoms with Crippen molar-refractivity contribution in [2.75, 3.05) is 10.7 Å². The van der Waals surface area contributed by atoms with Crippen molar-refractivity contribution in [1.82, 2.24) is 15.1 Å². The molecule has 8 heteroatoms. The molecule has 4 rings (SSSR count). The van der Waals surface area contributed by atoms with E-state index in [1.165, 1.54) is 18.7 Å². The van der Waals surface area contributed by atoms with Crippen LogP contribution in [0.15, 0.2) is 71.4 Å². The van der Waals surface area contributed by atoms with E-state index in [0.717, 1.165) is 5.56 Å². The van der Waals surface area contributed by atoms with Gasteiger partial charge < -0.3 is 0 Å². The second-order valence-corrected chi connectivity index (χ2v) is 7.22. The molecule has 0 radical (unpaired) electrons. The van der Waals surface area contributed by atoms with Gasteiger partial charge in [0, 0.05) is 35.7 Å². The Labute approximate surface area is 165 Å². The summed E-state index contributed by atoms with van der Waals surface area (Å²) in [5.41, 5.74) is 2.31. The molecule has 0 unspecified atom stereocenters. The van der Waals surface area contributed by atoms with E-state index in [1.54, 1.807) is 28.1 Å².